The van der Waals surface area contributed by atoms with E-state index >= 15 is 0 Å². The van der Waals surface area contributed by atoms with Crippen LogP contribution in [-0.4, -0.2) is 11.6 Å². The molecule has 0 amide bonds. The summed E-state index contributed by atoms with van der Waals surface area (Å²) in [5, 5.41) is 1.43. The monoisotopic (exact) mass is 329 g/mol. The predicted molar refractivity (Wildman–Crippen MR) is 93.2 cm³/mol. The first-order chi connectivity index (χ1) is 11.0. The van der Waals surface area contributed by atoms with Crippen molar-refractivity contribution < 1.29 is 13.5 Å². The van der Waals surface area contributed by atoms with E-state index in [2.05, 4.69) is 4.98 Å². The second-order valence-corrected chi connectivity index (χ2v) is 7.88. The van der Waals surface area contributed by atoms with Crippen molar-refractivity contribution in [2.75, 3.05) is 6.61 Å². The highest BCUT2D eigenvalue weighted by Gasteiger charge is 2.33. The summed E-state index contributed by atoms with van der Waals surface area (Å²) in [5.74, 6) is 0.602. The van der Waals surface area contributed by atoms with Crippen LogP contribution >= 0.6 is 7.37 Å². The molecule has 23 heavy (non-hydrogen) atoms. The van der Waals surface area contributed by atoms with Gasteiger partial charge in [-0.3, -0.25) is 4.57 Å². The molecule has 0 aliphatic rings. The van der Waals surface area contributed by atoms with E-state index in [1.807, 2.05) is 64.1 Å². The molecule has 0 fully saturated rings. The Bertz CT molecular complexity index is 900. The quantitative estimate of drug-likeness (QED) is 0.679. The van der Waals surface area contributed by atoms with Crippen LogP contribution < -0.4 is 10.6 Å². The topological polar surface area (TPSA) is 52.3 Å². The number of nitrogens with zero attached hydrogens (tertiary/aromatic N) is 1. The van der Waals surface area contributed by atoms with Crippen molar-refractivity contribution >= 4 is 29.1 Å². The molecule has 3 rings (SSSR count). The third-order valence-electron chi connectivity index (χ3n) is 3.89. The van der Waals surface area contributed by atoms with Crippen LogP contribution in [-0.2, 0) is 9.09 Å². The Morgan fingerprint density at radius 3 is 2.52 bits per heavy atom. The van der Waals surface area contributed by atoms with E-state index in [0.29, 0.717) is 17.8 Å². The lowest BCUT2D eigenvalue weighted by atomic mass is 10.1. The van der Waals surface area contributed by atoms with E-state index in [1.54, 1.807) is 0 Å². The number of rotatable bonds is 4. The van der Waals surface area contributed by atoms with Crippen molar-refractivity contribution in [2.45, 2.75) is 27.7 Å². The normalized spacial score (nSPS) is 14.1. The lowest BCUT2D eigenvalue weighted by molar-refractivity contribution is 0.348. The van der Waals surface area contributed by atoms with Gasteiger partial charge < -0.3 is 8.94 Å². The Hall–Kier alpha value is -1.90. The molecule has 1 unspecified atom stereocenters. The molecule has 5 heteroatoms. The maximum atomic E-state index is 13.8. The Morgan fingerprint density at radius 2 is 1.87 bits per heavy atom. The minimum absolute atomic E-state index is 0.376. The average molecular weight is 329 g/mol. The molecule has 0 aliphatic carbocycles. The van der Waals surface area contributed by atoms with Crippen LogP contribution in [0.1, 0.15) is 23.9 Å². The SMILES string of the molecule is CCOP(=O)(c1ccccc1)c1c(C)cc2oc(C)nc2c1C. The summed E-state index contributed by atoms with van der Waals surface area (Å²) >= 11 is 0. The van der Waals surface area contributed by atoms with E-state index in [0.717, 1.165) is 27.5 Å². The predicted octanol–water partition coefficient (Wildman–Crippen LogP) is 4.02. The first-order valence-electron chi connectivity index (χ1n) is 7.65. The van der Waals surface area contributed by atoms with E-state index in [9.17, 15) is 4.57 Å². The van der Waals surface area contributed by atoms with Crippen molar-refractivity contribution in [3.63, 3.8) is 0 Å². The van der Waals surface area contributed by atoms with Gasteiger partial charge in [0, 0.05) is 17.5 Å². The summed E-state index contributed by atoms with van der Waals surface area (Å²) in [6.45, 7) is 7.92. The number of aryl methyl sites for hydroxylation is 3. The molecule has 1 heterocycles. The van der Waals surface area contributed by atoms with Gasteiger partial charge in [-0.1, -0.05) is 18.2 Å². The Morgan fingerprint density at radius 1 is 1.17 bits per heavy atom. The van der Waals surface area contributed by atoms with Crippen LogP contribution in [0.15, 0.2) is 40.8 Å². The molecule has 0 saturated heterocycles. The highest BCUT2D eigenvalue weighted by Crippen LogP contribution is 2.47. The van der Waals surface area contributed by atoms with Crippen molar-refractivity contribution in [3.05, 3.63) is 53.4 Å². The number of aromatic nitrogens is 1. The molecule has 0 radical (unpaired) electrons. The second kappa shape index (κ2) is 5.95. The maximum Gasteiger partial charge on any atom is 0.261 e. The zero-order valence-corrected chi connectivity index (χ0v) is 14.7. The van der Waals surface area contributed by atoms with Crippen LogP contribution in [0.3, 0.4) is 0 Å². The Balaban J connectivity index is 2.33. The molecular formula is C18H20NO3P. The van der Waals surface area contributed by atoms with E-state index < -0.39 is 7.37 Å². The van der Waals surface area contributed by atoms with E-state index in [1.165, 1.54) is 0 Å². The third-order valence-corrected chi connectivity index (χ3v) is 6.77. The smallest absolute Gasteiger partial charge is 0.261 e. The summed E-state index contributed by atoms with van der Waals surface area (Å²) in [7, 11) is -3.18. The van der Waals surface area contributed by atoms with Crippen molar-refractivity contribution in [1.29, 1.82) is 0 Å². The van der Waals surface area contributed by atoms with Crippen molar-refractivity contribution in [2.24, 2.45) is 0 Å². The van der Waals surface area contributed by atoms with Crippen LogP contribution in [0.5, 0.6) is 0 Å². The second-order valence-electron chi connectivity index (χ2n) is 5.55. The van der Waals surface area contributed by atoms with Crippen LogP contribution in [0, 0.1) is 20.8 Å². The lowest BCUT2D eigenvalue weighted by Gasteiger charge is -2.22. The molecule has 0 spiro atoms. The third kappa shape index (κ3) is 2.62. The molecule has 1 aromatic heterocycles. The minimum Gasteiger partial charge on any atom is -0.441 e. The lowest BCUT2D eigenvalue weighted by Crippen LogP contribution is -2.23. The average Bonchev–Trinajstić information content (AvgIpc) is 2.89. The molecule has 0 aliphatic heterocycles. The summed E-state index contributed by atoms with van der Waals surface area (Å²) in [4.78, 5) is 4.44. The van der Waals surface area contributed by atoms with Gasteiger partial charge in [0.05, 0.1) is 6.61 Å². The number of oxazole rings is 1. The van der Waals surface area contributed by atoms with Gasteiger partial charge in [-0.25, -0.2) is 4.98 Å². The molecule has 0 bridgehead atoms. The zero-order valence-electron chi connectivity index (χ0n) is 13.8. The van der Waals surface area contributed by atoms with Gasteiger partial charge in [-0.05, 0) is 50.1 Å². The zero-order chi connectivity index (χ0) is 16.6. The standard InChI is InChI=1S/C18H20NO3P/c1-5-21-23(20,15-9-7-6-8-10-15)18-12(2)11-16-17(13(18)3)19-14(4)22-16/h6-11H,5H2,1-4H3. The first-order valence-corrected chi connectivity index (χ1v) is 9.28. The Kier molecular flexibility index (Phi) is 4.13. The number of hydrogen-bond acceptors (Lipinski definition) is 4. The molecule has 4 nitrogen and oxygen atoms in total. The van der Waals surface area contributed by atoms with Crippen LogP contribution in [0.4, 0.5) is 0 Å². The molecule has 1 atom stereocenters. The molecular weight excluding hydrogens is 309 g/mol. The molecule has 3 aromatic rings. The molecule has 2 aromatic carbocycles. The fraction of sp³-hybridized carbons (Fsp3) is 0.278. The fourth-order valence-corrected chi connectivity index (χ4v) is 5.55. The minimum atomic E-state index is -3.18. The number of hydrogen-bond donors (Lipinski definition) is 0. The van der Waals surface area contributed by atoms with E-state index in [-0.39, 0.29) is 0 Å². The fourth-order valence-electron chi connectivity index (χ4n) is 3.01. The highest BCUT2D eigenvalue weighted by molar-refractivity contribution is 7.74. The Labute approximate surface area is 135 Å². The van der Waals surface area contributed by atoms with Gasteiger partial charge >= 0.3 is 0 Å². The summed E-state index contributed by atoms with van der Waals surface area (Å²) in [6.07, 6.45) is 0. The highest BCUT2D eigenvalue weighted by atomic mass is 31.2. The van der Waals surface area contributed by atoms with Gasteiger partial charge in [-0.2, -0.15) is 0 Å². The summed E-state index contributed by atoms with van der Waals surface area (Å²) in [5.41, 5.74) is 3.22. The molecule has 0 N–H and O–H groups in total. The van der Waals surface area contributed by atoms with E-state index in [4.69, 9.17) is 8.94 Å². The first kappa shape index (κ1) is 16.0. The van der Waals surface area contributed by atoms with Crippen molar-refractivity contribution in [3.8, 4) is 0 Å². The van der Waals surface area contributed by atoms with Gasteiger partial charge in [0.15, 0.2) is 11.5 Å². The summed E-state index contributed by atoms with van der Waals surface area (Å²) < 4.78 is 25.3. The van der Waals surface area contributed by atoms with Crippen LogP contribution in [0.2, 0.25) is 0 Å². The largest absolute Gasteiger partial charge is 0.441 e. The number of fused-ring (bicyclic) bond motifs is 1. The summed E-state index contributed by atoms with van der Waals surface area (Å²) in [6, 6.07) is 11.3. The maximum absolute atomic E-state index is 13.8. The molecule has 0 saturated carbocycles. The van der Waals surface area contributed by atoms with Gasteiger partial charge in [0.2, 0.25) is 0 Å². The van der Waals surface area contributed by atoms with Gasteiger partial charge in [-0.15, -0.1) is 0 Å². The van der Waals surface area contributed by atoms with Crippen molar-refractivity contribution in [1.82, 2.24) is 4.98 Å². The van der Waals surface area contributed by atoms with Crippen LogP contribution in [0.25, 0.3) is 11.1 Å². The number of benzene rings is 2. The molecule has 120 valence electrons. The van der Waals surface area contributed by atoms with Gasteiger partial charge in [0.25, 0.3) is 7.37 Å². The van der Waals surface area contributed by atoms with Gasteiger partial charge in [0.1, 0.15) is 5.52 Å².